The van der Waals surface area contributed by atoms with Crippen molar-refractivity contribution in [2.45, 2.75) is 45.7 Å². The highest BCUT2D eigenvalue weighted by Crippen LogP contribution is 2.22. The lowest BCUT2D eigenvalue weighted by molar-refractivity contribution is 0.164. The van der Waals surface area contributed by atoms with E-state index in [0.717, 1.165) is 25.6 Å². The topological polar surface area (TPSA) is 15.3 Å². The molecule has 1 atom stereocenters. The van der Waals surface area contributed by atoms with E-state index >= 15 is 0 Å². The van der Waals surface area contributed by atoms with Crippen LogP contribution < -0.4 is 5.32 Å². The molecular formula is C17H26N2. The molecule has 1 aromatic carbocycles. The van der Waals surface area contributed by atoms with Gasteiger partial charge in [0.05, 0.1) is 0 Å². The van der Waals surface area contributed by atoms with Crippen LogP contribution in [-0.4, -0.2) is 24.5 Å². The van der Waals surface area contributed by atoms with E-state index < -0.39 is 0 Å². The van der Waals surface area contributed by atoms with Gasteiger partial charge in [0.25, 0.3) is 0 Å². The Bertz CT molecular complexity index is 427. The van der Waals surface area contributed by atoms with Crippen molar-refractivity contribution in [2.24, 2.45) is 5.92 Å². The molecule has 3 rings (SSSR count). The first kappa shape index (κ1) is 13.1. The minimum atomic E-state index is 0.924. The van der Waals surface area contributed by atoms with Crippen LogP contribution in [0.3, 0.4) is 0 Å². The van der Waals surface area contributed by atoms with Crippen molar-refractivity contribution < 1.29 is 0 Å². The molecule has 1 aromatic rings. The molecule has 1 N–H and O–H groups in total. The maximum atomic E-state index is 3.47. The number of rotatable bonds is 3. The molecule has 0 saturated carbocycles. The highest BCUT2D eigenvalue weighted by atomic mass is 15.1. The van der Waals surface area contributed by atoms with Gasteiger partial charge in [0.15, 0.2) is 0 Å². The van der Waals surface area contributed by atoms with E-state index in [1.807, 2.05) is 0 Å². The number of hydrogen-bond donors (Lipinski definition) is 1. The first-order chi connectivity index (χ1) is 9.35. The monoisotopic (exact) mass is 258 g/mol. The quantitative estimate of drug-likeness (QED) is 0.896. The summed E-state index contributed by atoms with van der Waals surface area (Å²) in [5.41, 5.74) is 4.57. The van der Waals surface area contributed by atoms with Gasteiger partial charge in [0, 0.05) is 19.6 Å². The summed E-state index contributed by atoms with van der Waals surface area (Å²) in [5, 5.41) is 3.47. The van der Waals surface area contributed by atoms with Gasteiger partial charge in [-0.25, -0.2) is 0 Å². The molecule has 0 radical (unpaired) electrons. The molecule has 0 amide bonds. The van der Waals surface area contributed by atoms with E-state index in [-0.39, 0.29) is 0 Å². The van der Waals surface area contributed by atoms with E-state index in [1.54, 1.807) is 5.56 Å². The fourth-order valence-corrected chi connectivity index (χ4v) is 3.52. The molecular weight excluding hydrogens is 232 g/mol. The molecule has 2 aliphatic rings. The van der Waals surface area contributed by atoms with Crippen LogP contribution in [0, 0.1) is 5.92 Å². The van der Waals surface area contributed by atoms with Crippen molar-refractivity contribution in [2.75, 3.05) is 19.6 Å². The molecule has 2 nitrogen and oxygen atoms in total. The summed E-state index contributed by atoms with van der Waals surface area (Å²) in [6.45, 7) is 8.25. The summed E-state index contributed by atoms with van der Waals surface area (Å²) in [7, 11) is 0. The van der Waals surface area contributed by atoms with E-state index in [4.69, 9.17) is 0 Å². The molecule has 2 aliphatic heterocycles. The number of nitrogens with zero attached hydrogens (tertiary/aromatic N) is 1. The fraction of sp³-hybridized carbons (Fsp3) is 0.647. The molecule has 1 saturated heterocycles. The first-order valence-corrected chi connectivity index (χ1v) is 7.89. The van der Waals surface area contributed by atoms with Gasteiger partial charge in [-0.3, -0.25) is 4.90 Å². The third-order valence-electron chi connectivity index (χ3n) is 4.74. The third-order valence-corrected chi connectivity index (χ3v) is 4.74. The van der Waals surface area contributed by atoms with Gasteiger partial charge in [0.2, 0.25) is 0 Å². The Kier molecular flexibility index (Phi) is 4.19. The molecule has 1 unspecified atom stereocenters. The van der Waals surface area contributed by atoms with Crippen molar-refractivity contribution in [1.29, 1.82) is 0 Å². The standard InChI is InChI=1S/C17H26N2/c1-2-14-4-3-9-19(12-14)13-15-5-6-16-7-8-18-11-17(16)10-15/h5-6,10,14,18H,2-4,7-9,11-13H2,1H3. The van der Waals surface area contributed by atoms with Crippen LogP contribution >= 0.6 is 0 Å². The second-order valence-electron chi connectivity index (χ2n) is 6.18. The van der Waals surface area contributed by atoms with E-state index in [2.05, 4.69) is 35.3 Å². The molecule has 0 bridgehead atoms. The van der Waals surface area contributed by atoms with E-state index in [9.17, 15) is 0 Å². The minimum Gasteiger partial charge on any atom is -0.312 e. The number of benzene rings is 1. The summed E-state index contributed by atoms with van der Waals surface area (Å²) in [6.07, 6.45) is 5.34. The van der Waals surface area contributed by atoms with Crippen LogP contribution in [0.2, 0.25) is 0 Å². The molecule has 0 aromatic heterocycles. The Balaban J connectivity index is 1.66. The smallest absolute Gasteiger partial charge is 0.0233 e. The van der Waals surface area contributed by atoms with Crippen LogP contribution in [0.1, 0.15) is 42.9 Å². The first-order valence-electron chi connectivity index (χ1n) is 7.89. The summed E-state index contributed by atoms with van der Waals surface area (Å²) in [5.74, 6) is 0.924. The van der Waals surface area contributed by atoms with Crippen LogP contribution in [0.4, 0.5) is 0 Å². The molecule has 19 heavy (non-hydrogen) atoms. The minimum absolute atomic E-state index is 0.924. The highest BCUT2D eigenvalue weighted by Gasteiger charge is 2.18. The van der Waals surface area contributed by atoms with Gasteiger partial charge in [-0.1, -0.05) is 31.5 Å². The molecule has 1 fully saturated rings. The van der Waals surface area contributed by atoms with Gasteiger partial charge in [0.1, 0.15) is 0 Å². The zero-order valence-electron chi connectivity index (χ0n) is 12.1. The average Bonchev–Trinajstić information content (AvgIpc) is 2.47. The van der Waals surface area contributed by atoms with Gasteiger partial charge in [-0.15, -0.1) is 0 Å². The Morgan fingerprint density at radius 3 is 3.16 bits per heavy atom. The molecule has 0 aliphatic carbocycles. The summed E-state index contributed by atoms with van der Waals surface area (Å²) >= 11 is 0. The van der Waals surface area contributed by atoms with Gasteiger partial charge >= 0.3 is 0 Å². The highest BCUT2D eigenvalue weighted by molar-refractivity contribution is 5.33. The van der Waals surface area contributed by atoms with Crippen molar-refractivity contribution in [3.63, 3.8) is 0 Å². The molecule has 2 heterocycles. The molecule has 2 heteroatoms. The lowest BCUT2D eigenvalue weighted by Gasteiger charge is -2.32. The number of piperidine rings is 1. The van der Waals surface area contributed by atoms with Crippen molar-refractivity contribution in [3.05, 3.63) is 34.9 Å². The Hall–Kier alpha value is -0.860. The Morgan fingerprint density at radius 2 is 2.26 bits per heavy atom. The largest absolute Gasteiger partial charge is 0.312 e. The second kappa shape index (κ2) is 6.06. The number of nitrogens with one attached hydrogen (secondary N) is 1. The maximum absolute atomic E-state index is 3.47. The van der Waals surface area contributed by atoms with Crippen molar-refractivity contribution in [1.82, 2.24) is 10.2 Å². The SMILES string of the molecule is CCC1CCCN(Cc2ccc3c(c2)CNCC3)C1. The summed E-state index contributed by atoms with van der Waals surface area (Å²) < 4.78 is 0. The van der Waals surface area contributed by atoms with Gasteiger partial charge in [-0.05, 0) is 55.0 Å². The van der Waals surface area contributed by atoms with E-state index in [0.29, 0.717) is 0 Å². The number of likely N-dealkylation sites (tertiary alicyclic amines) is 1. The fourth-order valence-electron chi connectivity index (χ4n) is 3.52. The van der Waals surface area contributed by atoms with Crippen molar-refractivity contribution >= 4 is 0 Å². The molecule has 0 spiro atoms. The Labute approximate surface area is 117 Å². The van der Waals surface area contributed by atoms with Crippen LogP contribution in [0.5, 0.6) is 0 Å². The van der Waals surface area contributed by atoms with Gasteiger partial charge < -0.3 is 5.32 Å². The molecule has 104 valence electrons. The predicted molar refractivity (Wildman–Crippen MR) is 80.1 cm³/mol. The average molecular weight is 258 g/mol. The maximum Gasteiger partial charge on any atom is 0.0233 e. The number of hydrogen-bond acceptors (Lipinski definition) is 2. The normalized spacial score (nSPS) is 24.2. The predicted octanol–water partition coefficient (Wildman–Crippen LogP) is 2.95. The van der Waals surface area contributed by atoms with Crippen LogP contribution in [0.25, 0.3) is 0 Å². The Morgan fingerprint density at radius 1 is 1.32 bits per heavy atom. The van der Waals surface area contributed by atoms with Crippen LogP contribution in [-0.2, 0) is 19.5 Å². The second-order valence-corrected chi connectivity index (χ2v) is 6.18. The van der Waals surface area contributed by atoms with Gasteiger partial charge in [-0.2, -0.15) is 0 Å². The lowest BCUT2D eigenvalue weighted by Crippen LogP contribution is -2.34. The zero-order valence-corrected chi connectivity index (χ0v) is 12.1. The number of fused-ring (bicyclic) bond motifs is 1. The zero-order chi connectivity index (χ0) is 13.1. The van der Waals surface area contributed by atoms with Crippen LogP contribution in [0.15, 0.2) is 18.2 Å². The summed E-state index contributed by atoms with van der Waals surface area (Å²) in [6, 6.07) is 7.13. The summed E-state index contributed by atoms with van der Waals surface area (Å²) in [4.78, 5) is 2.65. The van der Waals surface area contributed by atoms with Crippen molar-refractivity contribution in [3.8, 4) is 0 Å². The third kappa shape index (κ3) is 3.18. The lowest BCUT2D eigenvalue weighted by atomic mass is 9.94. The van der Waals surface area contributed by atoms with E-state index in [1.165, 1.54) is 49.9 Å².